The van der Waals surface area contributed by atoms with E-state index in [2.05, 4.69) is 10.4 Å². The van der Waals surface area contributed by atoms with Gasteiger partial charge in [-0.3, -0.25) is 13.8 Å². The highest BCUT2D eigenvalue weighted by atomic mass is 35.5. The van der Waals surface area contributed by atoms with Gasteiger partial charge in [0.1, 0.15) is 0 Å². The van der Waals surface area contributed by atoms with E-state index in [0.29, 0.717) is 16.3 Å². The van der Waals surface area contributed by atoms with Crippen LogP contribution in [0.5, 0.6) is 0 Å². The van der Waals surface area contributed by atoms with Gasteiger partial charge in [-0.1, -0.05) is 29.8 Å². The maximum Gasteiger partial charge on any atom is 0.283 e. The molecule has 9 heteroatoms. The molecule has 3 aromatic rings. The van der Waals surface area contributed by atoms with Gasteiger partial charge in [-0.15, -0.1) is 0 Å². The summed E-state index contributed by atoms with van der Waals surface area (Å²) >= 11 is 5.96. The fourth-order valence-corrected chi connectivity index (χ4v) is 4.39. The zero-order valence-corrected chi connectivity index (χ0v) is 18.5. The predicted octanol–water partition coefficient (Wildman–Crippen LogP) is 3.61. The van der Waals surface area contributed by atoms with Gasteiger partial charge in [-0.05, 0) is 55.8 Å². The number of hydrogen-bond acceptors (Lipinski definition) is 4. The van der Waals surface area contributed by atoms with E-state index in [1.165, 1.54) is 15.1 Å². The van der Waals surface area contributed by atoms with E-state index < -0.39 is 10.0 Å². The fourth-order valence-electron chi connectivity index (χ4n) is 2.86. The Morgan fingerprint density at radius 3 is 2.47 bits per heavy atom. The highest BCUT2D eigenvalue weighted by molar-refractivity contribution is 7.92. The molecule has 1 N–H and O–H groups in total. The molecule has 1 heterocycles. The summed E-state index contributed by atoms with van der Waals surface area (Å²) in [5, 5.41) is 7.37. The lowest BCUT2D eigenvalue weighted by atomic mass is 10.1. The molecular formula is C21H23ClN4O3S. The van der Waals surface area contributed by atoms with Crippen molar-refractivity contribution in [1.82, 2.24) is 15.1 Å². The van der Waals surface area contributed by atoms with Gasteiger partial charge in [0.25, 0.3) is 15.9 Å². The Morgan fingerprint density at radius 2 is 1.87 bits per heavy atom. The molecule has 3 rings (SSSR count). The quantitative estimate of drug-likeness (QED) is 0.600. The Bertz CT molecular complexity index is 1140. The van der Waals surface area contributed by atoms with Gasteiger partial charge < -0.3 is 5.32 Å². The summed E-state index contributed by atoms with van der Waals surface area (Å²) in [4.78, 5) is 12.4. The summed E-state index contributed by atoms with van der Waals surface area (Å²) < 4.78 is 29.5. The molecule has 0 radical (unpaired) electrons. The van der Waals surface area contributed by atoms with Crippen LogP contribution in [0.4, 0.5) is 5.69 Å². The number of hydrogen-bond donors (Lipinski definition) is 1. The minimum atomic E-state index is -3.97. The fraction of sp³-hybridized carbons (Fsp3) is 0.238. The zero-order chi connectivity index (χ0) is 21.9. The van der Waals surface area contributed by atoms with E-state index in [1.54, 1.807) is 61.8 Å². The van der Waals surface area contributed by atoms with Gasteiger partial charge in [0.15, 0.2) is 5.03 Å². The van der Waals surface area contributed by atoms with Crippen LogP contribution in [-0.2, 0) is 23.6 Å². The smallest absolute Gasteiger partial charge is 0.283 e. The summed E-state index contributed by atoms with van der Waals surface area (Å²) in [5.41, 5.74) is 1.49. The average molecular weight is 447 g/mol. The Morgan fingerprint density at radius 1 is 1.17 bits per heavy atom. The number of aromatic nitrogens is 2. The predicted molar refractivity (Wildman–Crippen MR) is 117 cm³/mol. The third-order valence-corrected chi connectivity index (χ3v) is 6.22. The molecule has 0 saturated heterocycles. The molecule has 158 valence electrons. The maximum atomic E-state index is 13.4. The minimum Gasteiger partial charge on any atom is -0.350 e. The number of anilines is 1. The van der Waals surface area contributed by atoms with Gasteiger partial charge in [0.2, 0.25) is 0 Å². The summed E-state index contributed by atoms with van der Waals surface area (Å²) in [6.45, 7) is 3.78. The highest BCUT2D eigenvalue weighted by Crippen LogP contribution is 2.26. The number of nitrogens with zero attached hydrogens (tertiary/aromatic N) is 3. The second kappa shape index (κ2) is 8.89. The molecule has 2 aromatic carbocycles. The molecule has 1 aromatic heterocycles. The van der Waals surface area contributed by atoms with Crippen LogP contribution in [0.15, 0.2) is 65.8 Å². The first-order chi connectivity index (χ1) is 14.2. The monoisotopic (exact) mass is 446 g/mol. The van der Waals surface area contributed by atoms with Gasteiger partial charge in [-0.2, -0.15) is 13.5 Å². The molecule has 0 spiro atoms. The summed E-state index contributed by atoms with van der Waals surface area (Å²) in [6.07, 6.45) is 1.57. The molecule has 1 amide bonds. The number of nitrogens with one attached hydrogen (secondary N) is 1. The largest absolute Gasteiger partial charge is 0.350 e. The molecule has 0 atom stereocenters. The van der Waals surface area contributed by atoms with Gasteiger partial charge in [0.05, 0.1) is 12.2 Å². The van der Waals surface area contributed by atoms with Crippen molar-refractivity contribution in [3.8, 4) is 0 Å². The molecule has 0 saturated carbocycles. The number of rotatable bonds is 7. The van der Waals surface area contributed by atoms with E-state index in [0.717, 1.165) is 5.56 Å². The van der Waals surface area contributed by atoms with Crippen molar-refractivity contribution in [3.63, 3.8) is 0 Å². The Balaban J connectivity index is 2.05. The molecular weight excluding hydrogens is 424 g/mol. The van der Waals surface area contributed by atoms with Crippen LogP contribution >= 0.6 is 11.6 Å². The Labute approximate surface area is 181 Å². The van der Waals surface area contributed by atoms with E-state index >= 15 is 0 Å². The molecule has 7 nitrogen and oxygen atoms in total. The summed E-state index contributed by atoms with van der Waals surface area (Å²) in [5.74, 6) is -0.270. The van der Waals surface area contributed by atoms with Crippen LogP contribution in [0.3, 0.4) is 0 Å². The Hall–Kier alpha value is -2.84. The lowest BCUT2D eigenvalue weighted by Gasteiger charge is -2.24. The van der Waals surface area contributed by atoms with E-state index in [4.69, 9.17) is 11.6 Å². The second-order valence-electron chi connectivity index (χ2n) is 7.14. The standard InChI is InChI=1S/C21H23ClN4O3S/c1-15(2)23-21(27)17-5-4-6-19(13-17)26(14-16-7-9-18(22)10-8-16)30(28,29)20-11-12-25(3)24-20/h4-13,15H,14H2,1-3H3,(H,23,27). The molecule has 0 aliphatic heterocycles. The van der Waals surface area contributed by atoms with Gasteiger partial charge in [0, 0.05) is 29.9 Å². The highest BCUT2D eigenvalue weighted by Gasteiger charge is 2.28. The van der Waals surface area contributed by atoms with Crippen molar-refractivity contribution in [1.29, 1.82) is 0 Å². The first-order valence-electron chi connectivity index (χ1n) is 9.34. The van der Waals surface area contributed by atoms with Crippen LogP contribution in [-0.4, -0.2) is 30.1 Å². The van der Waals surface area contributed by atoms with Crippen LogP contribution in [0.25, 0.3) is 0 Å². The van der Waals surface area contributed by atoms with E-state index in [9.17, 15) is 13.2 Å². The minimum absolute atomic E-state index is 0.0384. The second-order valence-corrected chi connectivity index (χ2v) is 9.39. The molecule has 0 fully saturated rings. The van der Waals surface area contributed by atoms with Gasteiger partial charge in [-0.25, -0.2) is 0 Å². The number of carbonyl (C=O) groups is 1. The van der Waals surface area contributed by atoms with Crippen molar-refractivity contribution >= 4 is 33.2 Å². The lowest BCUT2D eigenvalue weighted by molar-refractivity contribution is 0.0943. The SMILES string of the molecule is CC(C)NC(=O)c1cccc(N(Cc2ccc(Cl)cc2)S(=O)(=O)c2ccn(C)n2)c1. The van der Waals surface area contributed by atoms with Crippen molar-refractivity contribution < 1.29 is 13.2 Å². The number of sulfonamides is 1. The first kappa shape index (κ1) is 21.9. The number of halogens is 1. The molecule has 30 heavy (non-hydrogen) atoms. The van der Waals surface area contributed by atoms with E-state index in [1.807, 2.05) is 13.8 Å². The number of amides is 1. The van der Waals surface area contributed by atoms with Gasteiger partial charge >= 0.3 is 0 Å². The van der Waals surface area contributed by atoms with Crippen molar-refractivity contribution in [2.45, 2.75) is 31.5 Å². The van der Waals surface area contributed by atoms with Crippen LogP contribution in [0.2, 0.25) is 5.02 Å². The molecule has 0 aliphatic carbocycles. The summed E-state index contributed by atoms with van der Waals surface area (Å²) in [7, 11) is -2.32. The third-order valence-electron chi connectivity index (χ3n) is 4.30. The number of carbonyl (C=O) groups excluding carboxylic acids is 1. The third kappa shape index (κ3) is 5.01. The molecule has 0 unspecified atom stereocenters. The Kier molecular flexibility index (Phi) is 6.48. The zero-order valence-electron chi connectivity index (χ0n) is 16.9. The lowest BCUT2D eigenvalue weighted by Crippen LogP contribution is -2.32. The number of benzene rings is 2. The number of aryl methyl sites for hydroxylation is 1. The molecule has 0 bridgehead atoms. The van der Waals surface area contributed by atoms with Crippen LogP contribution < -0.4 is 9.62 Å². The maximum absolute atomic E-state index is 13.4. The van der Waals surface area contributed by atoms with Crippen LogP contribution in [0.1, 0.15) is 29.8 Å². The molecule has 0 aliphatic rings. The normalized spacial score (nSPS) is 11.5. The summed E-state index contributed by atoms with van der Waals surface area (Å²) in [6, 6.07) is 14.9. The van der Waals surface area contributed by atoms with Crippen molar-refractivity contribution in [2.75, 3.05) is 4.31 Å². The van der Waals surface area contributed by atoms with Crippen LogP contribution in [0, 0.1) is 0 Å². The first-order valence-corrected chi connectivity index (χ1v) is 11.2. The van der Waals surface area contributed by atoms with Crippen molar-refractivity contribution in [2.24, 2.45) is 7.05 Å². The van der Waals surface area contributed by atoms with E-state index in [-0.39, 0.29) is 23.5 Å². The topological polar surface area (TPSA) is 84.3 Å². The van der Waals surface area contributed by atoms with Crippen molar-refractivity contribution in [3.05, 3.63) is 76.9 Å². The average Bonchev–Trinajstić information content (AvgIpc) is 3.14.